The van der Waals surface area contributed by atoms with E-state index >= 15 is 0 Å². The van der Waals surface area contributed by atoms with Crippen molar-refractivity contribution in [2.75, 3.05) is 41.0 Å². The van der Waals surface area contributed by atoms with Crippen molar-refractivity contribution < 1.29 is 23.5 Å². The Morgan fingerprint density at radius 1 is 1.38 bits per heavy atom. The molecule has 0 spiro atoms. The lowest BCUT2D eigenvalue weighted by molar-refractivity contribution is -0.119. The van der Waals surface area contributed by atoms with Crippen LogP contribution in [0, 0.1) is 5.82 Å². The van der Waals surface area contributed by atoms with Crippen molar-refractivity contribution in [3.05, 3.63) is 35.1 Å². The summed E-state index contributed by atoms with van der Waals surface area (Å²) in [5.74, 6) is -1.36. The summed E-state index contributed by atoms with van der Waals surface area (Å²) in [6.07, 6.45) is 0.372. The second-order valence-electron chi connectivity index (χ2n) is 7.12. The number of primary amides is 1. The van der Waals surface area contributed by atoms with Crippen molar-refractivity contribution in [2.24, 2.45) is 10.8 Å². The van der Waals surface area contributed by atoms with Crippen LogP contribution >= 0.6 is 11.3 Å². The predicted molar refractivity (Wildman–Crippen MR) is 117 cm³/mol. The van der Waals surface area contributed by atoms with Crippen LogP contribution in [0.4, 0.5) is 25.7 Å². The molecule has 1 saturated heterocycles. The van der Waals surface area contributed by atoms with Crippen LogP contribution in [-0.2, 0) is 9.53 Å². The first kappa shape index (κ1) is 21.5. The van der Waals surface area contributed by atoms with Gasteiger partial charge in [0.05, 0.1) is 31.0 Å². The Morgan fingerprint density at radius 2 is 2.19 bits per heavy atom. The molecule has 1 aromatic heterocycles. The van der Waals surface area contributed by atoms with Gasteiger partial charge < -0.3 is 20.7 Å². The number of cyclic esters (lactones) is 1. The molecule has 4 rings (SSSR count). The van der Waals surface area contributed by atoms with Gasteiger partial charge in [-0.25, -0.2) is 19.2 Å². The minimum absolute atomic E-state index is 0.170. The standard InChI is InChI=1S/C19H20FN7O4S/c1-11(28)22-7-13-8-26(19(30)31-13)12-2-3-16(14(20)6-12)25-4-5-27(23-10-25)18-24-15(9-32-18)17(21)29/h2-3,6,9-10,13H,4-5,7-8H2,1H3,(H2,21,29)(H,22,28)/t13-/m0/s1. The first-order chi connectivity index (χ1) is 15.3. The zero-order chi connectivity index (χ0) is 22.8. The smallest absolute Gasteiger partial charge is 0.414 e. The highest BCUT2D eigenvalue weighted by atomic mass is 32.1. The number of halogens is 1. The number of nitrogens with two attached hydrogens (primary N) is 1. The Kier molecular flexibility index (Phi) is 5.90. The van der Waals surface area contributed by atoms with Crippen molar-refractivity contribution in [1.29, 1.82) is 0 Å². The van der Waals surface area contributed by atoms with E-state index in [2.05, 4.69) is 15.4 Å². The molecular formula is C19H20FN7O4S. The Bertz CT molecular complexity index is 1090. The fourth-order valence-electron chi connectivity index (χ4n) is 3.26. The molecule has 1 atom stereocenters. The molecular weight excluding hydrogens is 441 g/mol. The van der Waals surface area contributed by atoms with Gasteiger partial charge in [-0.2, -0.15) is 5.10 Å². The van der Waals surface area contributed by atoms with Gasteiger partial charge in [0, 0.05) is 18.8 Å². The van der Waals surface area contributed by atoms with Crippen LogP contribution < -0.4 is 25.9 Å². The van der Waals surface area contributed by atoms with Gasteiger partial charge in [0.1, 0.15) is 24.0 Å². The van der Waals surface area contributed by atoms with Crippen LogP contribution in [-0.4, -0.2) is 61.5 Å². The van der Waals surface area contributed by atoms with Crippen molar-refractivity contribution in [3.8, 4) is 0 Å². The molecule has 1 aromatic carbocycles. The third-order valence-electron chi connectivity index (χ3n) is 4.85. The number of carbonyl (C=O) groups excluding carboxylic acids is 3. The monoisotopic (exact) mass is 461 g/mol. The van der Waals surface area contributed by atoms with Gasteiger partial charge in [-0.05, 0) is 18.2 Å². The molecule has 0 saturated carbocycles. The molecule has 3 N–H and O–H groups in total. The van der Waals surface area contributed by atoms with Crippen molar-refractivity contribution in [3.63, 3.8) is 0 Å². The van der Waals surface area contributed by atoms with Crippen LogP contribution in [0.1, 0.15) is 17.4 Å². The van der Waals surface area contributed by atoms with Crippen LogP contribution in [0.15, 0.2) is 28.7 Å². The van der Waals surface area contributed by atoms with E-state index < -0.39 is 23.9 Å². The molecule has 3 heterocycles. The summed E-state index contributed by atoms with van der Waals surface area (Å²) in [6.45, 7) is 2.63. The van der Waals surface area contributed by atoms with E-state index in [1.54, 1.807) is 27.4 Å². The number of amides is 3. The highest BCUT2D eigenvalue weighted by molar-refractivity contribution is 7.13. The average Bonchev–Trinajstić information content (AvgIpc) is 3.39. The molecule has 32 heavy (non-hydrogen) atoms. The summed E-state index contributed by atoms with van der Waals surface area (Å²) in [4.78, 5) is 41.5. The largest absolute Gasteiger partial charge is 0.442 e. The number of anilines is 3. The Labute approximate surface area is 186 Å². The Hall–Kier alpha value is -3.74. The maximum Gasteiger partial charge on any atom is 0.414 e. The maximum absolute atomic E-state index is 14.9. The molecule has 0 unspecified atom stereocenters. The lowest BCUT2D eigenvalue weighted by Gasteiger charge is -2.29. The van der Waals surface area contributed by atoms with Gasteiger partial charge in [0.25, 0.3) is 5.91 Å². The van der Waals surface area contributed by atoms with E-state index in [0.29, 0.717) is 29.6 Å². The molecule has 3 amide bonds. The minimum atomic E-state index is -0.611. The third kappa shape index (κ3) is 4.46. The van der Waals surface area contributed by atoms with Crippen molar-refractivity contribution in [2.45, 2.75) is 13.0 Å². The highest BCUT2D eigenvalue weighted by Crippen LogP contribution is 2.29. The number of carbonyl (C=O) groups is 3. The van der Waals surface area contributed by atoms with Crippen LogP contribution in [0.25, 0.3) is 0 Å². The Balaban J connectivity index is 1.43. The topological polar surface area (TPSA) is 133 Å². The lowest BCUT2D eigenvalue weighted by atomic mass is 10.2. The molecule has 0 radical (unpaired) electrons. The van der Waals surface area contributed by atoms with E-state index in [1.807, 2.05) is 0 Å². The molecule has 0 bridgehead atoms. The second-order valence-corrected chi connectivity index (χ2v) is 7.95. The molecule has 1 fully saturated rings. The molecule has 168 valence electrons. The molecule has 2 aliphatic heterocycles. The van der Waals surface area contributed by atoms with E-state index in [1.165, 1.54) is 35.6 Å². The summed E-state index contributed by atoms with van der Waals surface area (Å²) in [7, 11) is 0. The van der Waals surface area contributed by atoms with Crippen LogP contribution in [0.3, 0.4) is 0 Å². The molecule has 0 aliphatic carbocycles. The summed E-state index contributed by atoms with van der Waals surface area (Å²) < 4.78 is 20.1. The van der Waals surface area contributed by atoms with Crippen molar-refractivity contribution >= 4 is 52.1 Å². The number of nitrogens with one attached hydrogen (secondary N) is 1. The van der Waals surface area contributed by atoms with Gasteiger partial charge in [0.2, 0.25) is 11.0 Å². The summed E-state index contributed by atoms with van der Waals surface area (Å²) in [5, 5.41) is 10.6. The summed E-state index contributed by atoms with van der Waals surface area (Å²) in [5.41, 5.74) is 6.05. The fraction of sp³-hybridized carbons (Fsp3) is 0.316. The zero-order valence-electron chi connectivity index (χ0n) is 17.0. The van der Waals surface area contributed by atoms with Crippen molar-refractivity contribution in [1.82, 2.24) is 10.3 Å². The first-order valence-electron chi connectivity index (χ1n) is 9.67. The van der Waals surface area contributed by atoms with Crippen LogP contribution in [0.5, 0.6) is 0 Å². The first-order valence-corrected chi connectivity index (χ1v) is 10.6. The molecule has 13 heteroatoms. The minimum Gasteiger partial charge on any atom is -0.442 e. The SMILES string of the molecule is CC(=O)NC[C@H]1CN(c2ccc(N3C=NN(c4nc(C(N)=O)cs4)CC3)c(F)c2)C(=O)O1. The number of rotatable bonds is 6. The second kappa shape index (κ2) is 8.78. The molecule has 2 aromatic rings. The number of nitrogens with zero attached hydrogens (tertiary/aromatic N) is 5. The normalized spacial score (nSPS) is 18.1. The van der Waals surface area contributed by atoms with Gasteiger partial charge in [-0.3, -0.25) is 14.5 Å². The summed E-state index contributed by atoms with van der Waals surface area (Å²) >= 11 is 1.24. The van der Waals surface area contributed by atoms with Gasteiger partial charge in [-0.15, -0.1) is 11.3 Å². The zero-order valence-corrected chi connectivity index (χ0v) is 17.8. The van der Waals surface area contributed by atoms with E-state index in [0.717, 1.165) is 0 Å². The molecule has 2 aliphatic rings. The summed E-state index contributed by atoms with van der Waals surface area (Å²) in [6, 6.07) is 4.45. The van der Waals surface area contributed by atoms with Gasteiger partial charge in [0.15, 0.2) is 0 Å². The van der Waals surface area contributed by atoms with E-state index in [-0.39, 0.29) is 24.7 Å². The number of hydrogen-bond acceptors (Lipinski definition) is 9. The number of hydrazone groups is 1. The predicted octanol–water partition coefficient (Wildman–Crippen LogP) is 1.11. The van der Waals surface area contributed by atoms with Gasteiger partial charge in [-0.1, -0.05) is 0 Å². The fourth-order valence-corrected chi connectivity index (χ4v) is 4.06. The number of hydrogen-bond donors (Lipinski definition) is 2. The average molecular weight is 461 g/mol. The quantitative estimate of drug-likeness (QED) is 0.658. The van der Waals surface area contributed by atoms with E-state index in [9.17, 15) is 18.8 Å². The third-order valence-corrected chi connectivity index (χ3v) is 5.71. The van der Waals surface area contributed by atoms with Crippen LogP contribution in [0.2, 0.25) is 0 Å². The van der Waals surface area contributed by atoms with Gasteiger partial charge >= 0.3 is 6.09 Å². The number of benzene rings is 1. The van der Waals surface area contributed by atoms with E-state index in [4.69, 9.17) is 10.5 Å². The number of aromatic nitrogens is 1. The maximum atomic E-state index is 14.9. The molecule has 11 nitrogen and oxygen atoms in total. The number of thiazole rings is 1. The lowest BCUT2D eigenvalue weighted by Crippen LogP contribution is -2.38. The number of ether oxygens (including phenoxy) is 1. The highest BCUT2D eigenvalue weighted by Gasteiger charge is 2.33. The Morgan fingerprint density at radius 3 is 2.81 bits per heavy atom.